The molecular formula is C15H19FO. The van der Waals surface area contributed by atoms with E-state index in [1.807, 2.05) is 20.8 Å². The van der Waals surface area contributed by atoms with E-state index in [2.05, 4.69) is 5.92 Å². The molecule has 1 atom stereocenters. The molecule has 0 amide bonds. The lowest BCUT2D eigenvalue weighted by Gasteiger charge is -2.29. The van der Waals surface area contributed by atoms with Gasteiger partial charge in [-0.2, -0.15) is 0 Å². The smallest absolute Gasteiger partial charge is 0.123 e. The zero-order valence-electron chi connectivity index (χ0n) is 10.6. The summed E-state index contributed by atoms with van der Waals surface area (Å²) in [5.41, 5.74) is 1.67. The second-order valence-electron chi connectivity index (χ2n) is 5.11. The Bertz CT molecular complexity index is 429. The number of aliphatic hydroxyl groups excluding tert-OH is 1. The molecule has 1 aromatic carbocycles. The molecular weight excluding hydrogens is 215 g/mol. The van der Waals surface area contributed by atoms with E-state index < -0.39 is 6.10 Å². The Morgan fingerprint density at radius 1 is 1.47 bits per heavy atom. The fraction of sp³-hybridized carbons (Fsp3) is 0.467. The maximum atomic E-state index is 13.3. The van der Waals surface area contributed by atoms with E-state index in [1.165, 1.54) is 12.1 Å². The molecule has 1 N–H and O–H groups in total. The number of aliphatic hydroxyl groups is 1. The van der Waals surface area contributed by atoms with Crippen LogP contribution in [0.1, 0.15) is 37.8 Å². The van der Waals surface area contributed by atoms with Gasteiger partial charge in [-0.15, -0.1) is 12.3 Å². The van der Waals surface area contributed by atoms with Crippen molar-refractivity contribution in [3.8, 4) is 12.3 Å². The molecule has 0 radical (unpaired) electrons. The average Bonchev–Trinajstić information content (AvgIpc) is 2.21. The van der Waals surface area contributed by atoms with Gasteiger partial charge in [-0.1, -0.05) is 19.9 Å². The Balaban J connectivity index is 2.96. The molecule has 0 spiro atoms. The van der Waals surface area contributed by atoms with Crippen molar-refractivity contribution in [3.63, 3.8) is 0 Å². The molecule has 0 bridgehead atoms. The number of hydrogen-bond donors (Lipinski definition) is 1. The molecule has 0 aliphatic carbocycles. The SMILES string of the molecule is C#CCC(O)CC(C)(C)c1cc(F)ccc1C. The fourth-order valence-electron chi connectivity index (χ4n) is 2.23. The first-order valence-corrected chi connectivity index (χ1v) is 5.75. The predicted octanol–water partition coefficient (Wildman–Crippen LogP) is 3.19. The lowest BCUT2D eigenvalue weighted by atomic mass is 9.77. The maximum Gasteiger partial charge on any atom is 0.123 e. The highest BCUT2D eigenvalue weighted by Crippen LogP contribution is 2.31. The van der Waals surface area contributed by atoms with Gasteiger partial charge in [-0.3, -0.25) is 0 Å². The van der Waals surface area contributed by atoms with E-state index in [9.17, 15) is 9.50 Å². The van der Waals surface area contributed by atoms with Crippen LogP contribution in [-0.4, -0.2) is 11.2 Å². The number of aryl methyl sites for hydroxylation is 1. The number of halogens is 1. The molecule has 0 aliphatic rings. The van der Waals surface area contributed by atoms with Crippen molar-refractivity contribution in [2.45, 2.75) is 45.1 Å². The van der Waals surface area contributed by atoms with Gasteiger partial charge in [-0.25, -0.2) is 4.39 Å². The topological polar surface area (TPSA) is 20.2 Å². The van der Waals surface area contributed by atoms with Gasteiger partial charge in [0, 0.05) is 6.42 Å². The normalized spacial score (nSPS) is 13.2. The molecule has 1 nitrogen and oxygen atoms in total. The van der Waals surface area contributed by atoms with E-state index in [4.69, 9.17) is 6.42 Å². The summed E-state index contributed by atoms with van der Waals surface area (Å²) in [6.07, 6.45) is 5.49. The summed E-state index contributed by atoms with van der Waals surface area (Å²) in [6.45, 7) is 5.94. The van der Waals surface area contributed by atoms with Crippen LogP contribution in [0.3, 0.4) is 0 Å². The second kappa shape index (κ2) is 5.33. The number of terminal acetylenes is 1. The third-order valence-electron chi connectivity index (χ3n) is 3.03. The van der Waals surface area contributed by atoms with E-state index >= 15 is 0 Å². The molecule has 1 unspecified atom stereocenters. The highest BCUT2D eigenvalue weighted by Gasteiger charge is 2.26. The molecule has 0 aliphatic heterocycles. The van der Waals surface area contributed by atoms with Crippen LogP contribution in [0.2, 0.25) is 0 Å². The Hall–Kier alpha value is -1.33. The first-order valence-electron chi connectivity index (χ1n) is 5.75. The van der Waals surface area contributed by atoms with Crippen molar-refractivity contribution >= 4 is 0 Å². The van der Waals surface area contributed by atoms with Gasteiger partial charge in [0.2, 0.25) is 0 Å². The lowest BCUT2D eigenvalue weighted by Crippen LogP contribution is -2.25. The van der Waals surface area contributed by atoms with Crippen molar-refractivity contribution < 1.29 is 9.50 Å². The Morgan fingerprint density at radius 2 is 2.12 bits per heavy atom. The van der Waals surface area contributed by atoms with Crippen LogP contribution in [0, 0.1) is 25.1 Å². The molecule has 1 aromatic rings. The maximum absolute atomic E-state index is 13.3. The van der Waals surface area contributed by atoms with E-state index in [-0.39, 0.29) is 11.2 Å². The summed E-state index contributed by atoms with van der Waals surface area (Å²) in [6, 6.07) is 4.75. The third kappa shape index (κ3) is 3.57. The van der Waals surface area contributed by atoms with Gasteiger partial charge in [0.25, 0.3) is 0 Å². The largest absolute Gasteiger partial charge is 0.392 e. The number of hydrogen-bond acceptors (Lipinski definition) is 1. The van der Waals surface area contributed by atoms with Gasteiger partial charge in [-0.05, 0) is 42.0 Å². The molecule has 2 heteroatoms. The molecule has 0 aromatic heterocycles. The summed E-state index contributed by atoms with van der Waals surface area (Å²) in [7, 11) is 0. The zero-order chi connectivity index (χ0) is 13.1. The summed E-state index contributed by atoms with van der Waals surface area (Å²) in [5.74, 6) is 2.20. The minimum absolute atomic E-state index is 0.245. The van der Waals surface area contributed by atoms with Crippen molar-refractivity contribution in [1.82, 2.24) is 0 Å². The Morgan fingerprint density at radius 3 is 2.71 bits per heavy atom. The summed E-state index contributed by atoms with van der Waals surface area (Å²) >= 11 is 0. The number of benzene rings is 1. The average molecular weight is 234 g/mol. The van der Waals surface area contributed by atoms with E-state index in [0.29, 0.717) is 12.8 Å². The zero-order valence-corrected chi connectivity index (χ0v) is 10.6. The van der Waals surface area contributed by atoms with Crippen molar-refractivity contribution in [1.29, 1.82) is 0 Å². The molecule has 0 saturated carbocycles. The van der Waals surface area contributed by atoms with Crippen molar-refractivity contribution in [2.24, 2.45) is 0 Å². The standard InChI is InChI=1S/C15H19FO/c1-5-6-13(17)10-15(3,4)14-9-12(16)8-7-11(14)2/h1,7-9,13,17H,6,10H2,2-4H3. The molecule has 92 valence electrons. The van der Waals surface area contributed by atoms with Gasteiger partial charge >= 0.3 is 0 Å². The predicted molar refractivity (Wildman–Crippen MR) is 68.2 cm³/mol. The van der Waals surface area contributed by atoms with Gasteiger partial charge in [0.15, 0.2) is 0 Å². The van der Waals surface area contributed by atoms with Crippen molar-refractivity contribution in [2.75, 3.05) is 0 Å². The van der Waals surface area contributed by atoms with Crippen molar-refractivity contribution in [3.05, 3.63) is 35.1 Å². The summed E-state index contributed by atoms with van der Waals surface area (Å²) in [5, 5.41) is 9.77. The molecule has 0 heterocycles. The summed E-state index contributed by atoms with van der Waals surface area (Å²) < 4.78 is 13.3. The van der Waals surface area contributed by atoms with Gasteiger partial charge in [0.05, 0.1) is 6.10 Å². The first-order chi connectivity index (χ1) is 7.86. The van der Waals surface area contributed by atoms with Gasteiger partial charge in [0.1, 0.15) is 5.82 Å². The Labute approximate surface area is 103 Å². The fourth-order valence-corrected chi connectivity index (χ4v) is 2.23. The van der Waals surface area contributed by atoms with Crippen LogP contribution < -0.4 is 0 Å². The second-order valence-corrected chi connectivity index (χ2v) is 5.11. The van der Waals surface area contributed by atoms with Crippen LogP contribution >= 0.6 is 0 Å². The molecule has 0 fully saturated rings. The molecule has 17 heavy (non-hydrogen) atoms. The molecule has 0 saturated heterocycles. The van der Waals surface area contributed by atoms with Gasteiger partial charge < -0.3 is 5.11 Å². The monoisotopic (exact) mass is 234 g/mol. The minimum atomic E-state index is -0.544. The summed E-state index contributed by atoms with van der Waals surface area (Å²) in [4.78, 5) is 0. The van der Waals surface area contributed by atoms with Crippen LogP contribution in [-0.2, 0) is 5.41 Å². The minimum Gasteiger partial charge on any atom is -0.392 e. The van der Waals surface area contributed by atoms with Crippen LogP contribution in [0.4, 0.5) is 4.39 Å². The Kier molecular flexibility index (Phi) is 4.31. The first kappa shape index (κ1) is 13.7. The number of rotatable bonds is 4. The highest BCUT2D eigenvalue weighted by atomic mass is 19.1. The third-order valence-corrected chi connectivity index (χ3v) is 3.03. The van der Waals surface area contributed by atoms with Crippen LogP contribution in [0.15, 0.2) is 18.2 Å². The highest BCUT2D eigenvalue weighted by molar-refractivity contribution is 5.33. The lowest BCUT2D eigenvalue weighted by molar-refractivity contribution is 0.143. The van der Waals surface area contributed by atoms with E-state index in [1.54, 1.807) is 6.07 Å². The van der Waals surface area contributed by atoms with Crippen LogP contribution in [0.5, 0.6) is 0 Å². The van der Waals surface area contributed by atoms with Crippen LogP contribution in [0.25, 0.3) is 0 Å². The molecule has 1 rings (SSSR count). The quantitative estimate of drug-likeness (QED) is 0.793. The van der Waals surface area contributed by atoms with E-state index in [0.717, 1.165) is 11.1 Å².